The van der Waals surface area contributed by atoms with E-state index in [1.165, 1.54) is 17.0 Å². The van der Waals surface area contributed by atoms with E-state index in [-0.39, 0.29) is 0 Å². The molecule has 4 rings (SSSR count). The van der Waals surface area contributed by atoms with Crippen molar-refractivity contribution in [1.29, 1.82) is 0 Å². The fourth-order valence-electron chi connectivity index (χ4n) is 3.73. The highest BCUT2D eigenvalue weighted by atomic mass is 79.9. The van der Waals surface area contributed by atoms with Crippen molar-refractivity contribution in [2.45, 2.75) is 12.2 Å². The van der Waals surface area contributed by atoms with Crippen LogP contribution in [0.5, 0.6) is 0 Å². The van der Waals surface area contributed by atoms with Gasteiger partial charge in [-0.15, -0.1) is 0 Å². The van der Waals surface area contributed by atoms with Gasteiger partial charge in [0.05, 0.1) is 17.2 Å². The van der Waals surface area contributed by atoms with E-state index < -0.39 is 41.7 Å². The molecule has 1 aliphatic rings. The van der Waals surface area contributed by atoms with E-state index >= 15 is 0 Å². The van der Waals surface area contributed by atoms with Gasteiger partial charge in [-0.2, -0.15) is 13.2 Å². The maximum Gasteiger partial charge on any atom is 0.417 e. The van der Waals surface area contributed by atoms with E-state index in [1.807, 2.05) is 0 Å². The number of carbonyl (C=O) groups excluding carboxylic acids is 2. The van der Waals surface area contributed by atoms with Gasteiger partial charge in [-0.1, -0.05) is 58.4 Å². The van der Waals surface area contributed by atoms with Gasteiger partial charge in [0.15, 0.2) is 0 Å². The van der Waals surface area contributed by atoms with Gasteiger partial charge < -0.3 is 10.2 Å². The first kappa shape index (κ1) is 21.1. The Bertz CT molecular complexity index is 1150. The second-order valence-electron chi connectivity index (χ2n) is 7.07. The number of anilines is 1. The number of halogens is 4. The van der Waals surface area contributed by atoms with Gasteiger partial charge in [0.2, 0.25) is 5.91 Å². The first-order chi connectivity index (χ1) is 14.8. The van der Waals surface area contributed by atoms with Gasteiger partial charge in [0.25, 0.3) is 5.91 Å². The first-order valence-electron chi connectivity index (χ1n) is 9.37. The van der Waals surface area contributed by atoms with E-state index in [9.17, 15) is 22.8 Å². The fourth-order valence-corrected chi connectivity index (χ4v) is 4.11. The molecule has 31 heavy (non-hydrogen) atoms. The Kier molecular flexibility index (Phi) is 5.58. The summed E-state index contributed by atoms with van der Waals surface area (Å²) in [6.07, 6.45) is -4.70. The Morgan fingerprint density at radius 2 is 1.68 bits per heavy atom. The third kappa shape index (κ3) is 4.20. The quantitative estimate of drug-likeness (QED) is 0.506. The molecule has 0 radical (unpaired) electrons. The van der Waals surface area contributed by atoms with Crippen molar-refractivity contribution in [2.24, 2.45) is 0 Å². The summed E-state index contributed by atoms with van der Waals surface area (Å²) >= 11 is 3.41. The fraction of sp³-hybridized carbons (Fsp3) is 0.130. The van der Waals surface area contributed by atoms with Crippen LogP contribution in [0.25, 0.3) is 0 Å². The number of alkyl halides is 3. The number of nitrogens with zero attached hydrogens (tertiary/aromatic N) is 1. The topological polar surface area (TPSA) is 49.4 Å². The van der Waals surface area contributed by atoms with Crippen LogP contribution in [-0.2, 0) is 11.0 Å². The zero-order valence-electron chi connectivity index (χ0n) is 16.0. The van der Waals surface area contributed by atoms with Crippen molar-refractivity contribution < 1.29 is 22.8 Å². The molecule has 1 unspecified atom stereocenters. The van der Waals surface area contributed by atoms with Crippen LogP contribution in [0.15, 0.2) is 77.3 Å². The Morgan fingerprint density at radius 1 is 1.00 bits per heavy atom. The molecule has 1 heterocycles. The summed E-state index contributed by atoms with van der Waals surface area (Å²) in [5, 5.41) is 2.75. The van der Waals surface area contributed by atoms with E-state index in [4.69, 9.17) is 0 Å². The van der Waals surface area contributed by atoms with E-state index in [0.717, 1.165) is 12.1 Å². The number of nitrogens with one attached hydrogen (secondary N) is 1. The molecule has 1 aliphatic heterocycles. The van der Waals surface area contributed by atoms with Crippen LogP contribution in [-0.4, -0.2) is 23.3 Å². The minimum Gasteiger partial charge on any atom is -0.324 e. The molecule has 0 aliphatic carbocycles. The molecule has 1 N–H and O–H groups in total. The third-order valence-electron chi connectivity index (χ3n) is 5.05. The minimum absolute atomic E-state index is 0.392. The molecule has 3 aromatic carbocycles. The van der Waals surface area contributed by atoms with Crippen LogP contribution in [0, 0.1) is 0 Å². The molecule has 0 spiro atoms. The van der Waals surface area contributed by atoms with Crippen LogP contribution >= 0.6 is 15.9 Å². The van der Waals surface area contributed by atoms with Crippen molar-refractivity contribution in [3.63, 3.8) is 0 Å². The molecular weight excluding hydrogens is 473 g/mol. The molecule has 0 saturated carbocycles. The zero-order valence-corrected chi connectivity index (χ0v) is 17.6. The zero-order chi connectivity index (χ0) is 22.2. The van der Waals surface area contributed by atoms with E-state index in [1.54, 1.807) is 48.5 Å². The molecule has 158 valence electrons. The summed E-state index contributed by atoms with van der Waals surface area (Å²) in [5.74, 6) is -1.36. The highest BCUT2D eigenvalue weighted by Gasteiger charge is 2.39. The Balaban J connectivity index is 1.91. The lowest BCUT2D eigenvalue weighted by Gasteiger charge is -2.31. The molecule has 3 aromatic rings. The van der Waals surface area contributed by atoms with E-state index in [0.29, 0.717) is 21.3 Å². The second-order valence-corrected chi connectivity index (χ2v) is 7.99. The monoisotopic (exact) mass is 488 g/mol. The largest absolute Gasteiger partial charge is 0.417 e. The van der Waals surface area contributed by atoms with Crippen LogP contribution < -0.4 is 5.32 Å². The first-order valence-corrected chi connectivity index (χ1v) is 10.2. The van der Waals surface area contributed by atoms with E-state index in [2.05, 4.69) is 21.2 Å². The smallest absolute Gasteiger partial charge is 0.324 e. The lowest BCUT2D eigenvalue weighted by atomic mass is 9.94. The van der Waals surface area contributed by atoms with Crippen LogP contribution in [0.1, 0.15) is 33.1 Å². The summed E-state index contributed by atoms with van der Waals surface area (Å²) in [5.41, 5.74) is 0.245. The maximum atomic E-state index is 13.6. The number of fused-ring (bicyclic) bond motifs is 1. The van der Waals surface area contributed by atoms with Crippen LogP contribution in [0.2, 0.25) is 0 Å². The molecule has 8 heteroatoms. The molecule has 2 amide bonds. The molecule has 1 atom stereocenters. The summed E-state index contributed by atoms with van der Waals surface area (Å²) in [7, 11) is 0. The highest BCUT2D eigenvalue weighted by Crippen LogP contribution is 2.39. The minimum atomic E-state index is -4.70. The number of hydrogen-bond acceptors (Lipinski definition) is 2. The Morgan fingerprint density at radius 3 is 2.39 bits per heavy atom. The number of rotatable bonds is 2. The second kappa shape index (κ2) is 8.19. The molecular formula is C23H16BrF3N2O2. The SMILES string of the molecule is O=C1CN(C(=O)c2ccccc2C(F)(F)F)C(c2ccccc2)c2cc(Br)ccc2N1. The average molecular weight is 489 g/mol. The van der Waals surface area contributed by atoms with Crippen molar-refractivity contribution in [1.82, 2.24) is 4.90 Å². The maximum absolute atomic E-state index is 13.6. The van der Waals surface area contributed by atoms with Gasteiger partial charge in [0, 0.05) is 15.7 Å². The summed E-state index contributed by atoms with van der Waals surface area (Å²) < 4.78 is 41.5. The van der Waals surface area contributed by atoms with Crippen molar-refractivity contribution in [2.75, 3.05) is 11.9 Å². The number of hydrogen-bond donors (Lipinski definition) is 1. The lowest BCUT2D eigenvalue weighted by molar-refractivity contribution is -0.138. The molecule has 0 saturated heterocycles. The number of amides is 2. The number of benzene rings is 3. The molecule has 4 nitrogen and oxygen atoms in total. The van der Waals surface area contributed by atoms with Gasteiger partial charge >= 0.3 is 6.18 Å². The normalized spacial score (nSPS) is 16.3. The van der Waals surface area contributed by atoms with Gasteiger partial charge in [0.1, 0.15) is 6.54 Å². The Labute approximate surface area is 184 Å². The average Bonchev–Trinajstić information content (AvgIpc) is 2.89. The standard InChI is InChI=1S/C23H16BrF3N2O2/c24-15-10-11-19-17(12-15)21(14-6-2-1-3-7-14)29(13-20(30)28-19)22(31)16-8-4-5-9-18(16)23(25,26)27/h1-12,21H,13H2,(H,28,30). The predicted molar refractivity (Wildman–Crippen MR) is 114 cm³/mol. The predicted octanol–water partition coefficient (Wildman–Crippen LogP) is 5.65. The van der Waals surface area contributed by atoms with Crippen LogP contribution in [0.3, 0.4) is 0 Å². The Hall–Kier alpha value is -3.13. The molecule has 0 aromatic heterocycles. The summed E-state index contributed by atoms with van der Waals surface area (Å²) in [6.45, 7) is -0.392. The van der Waals surface area contributed by atoms with Crippen LogP contribution in [0.4, 0.5) is 18.9 Å². The van der Waals surface area contributed by atoms with Crippen molar-refractivity contribution in [3.05, 3.63) is 99.5 Å². The van der Waals surface area contributed by atoms with Gasteiger partial charge in [-0.05, 0) is 35.9 Å². The third-order valence-corrected chi connectivity index (χ3v) is 5.54. The number of carbonyl (C=O) groups is 2. The van der Waals surface area contributed by atoms with Crippen molar-refractivity contribution in [3.8, 4) is 0 Å². The lowest BCUT2D eigenvalue weighted by Crippen LogP contribution is -2.39. The van der Waals surface area contributed by atoms with Gasteiger partial charge in [-0.25, -0.2) is 0 Å². The highest BCUT2D eigenvalue weighted by molar-refractivity contribution is 9.10. The molecule has 0 fully saturated rings. The van der Waals surface area contributed by atoms with Crippen molar-refractivity contribution >= 4 is 33.4 Å². The molecule has 0 bridgehead atoms. The summed E-state index contributed by atoms with van der Waals surface area (Å²) in [6, 6.07) is 18.0. The summed E-state index contributed by atoms with van der Waals surface area (Å²) in [4.78, 5) is 27.3. The van der Waals surface area contributed by atoms with Gasteiger partial charge in [-0.3, -0.25) is 9.59 Å².